The molecule has 0 saturated carbocycles. The molecule has 0 radical (unpaired) electrons. The predicted octanol–water partition coefficient (Wildman–Crippen LogP) is 2.07. The highest BCUT2D eigenvalue weighted by atomic mass is 16.2. The molecular weight excluding hydrogens is 302 g/mol. The van der Waals surface area contributed by atoms with E-state index in [0.717, 1.165) is 37.2 Å². The Morgan fingerprint density at radius 2 is 1.67 bits per heavy atom. The standard InChI is InChI=1S/C19H19N3O2/c1-21-8-10-22(11-9-21)19(24)13-6-7-17-15(12-13)18(23)14-4-2-3-5-16(14)20-17/h2-7,12H,8-11H2,1H3,(H,20,23). The molecule has 5 nitrogen and oxygen atoms in total. The lowest BCUT2D eigenvalue weighted by molar-refractivity contribution is 0.0664. The number of pyridine rings is 1. The number of benzene rings is 2. The normalized spacial score (nSPS) is 16.0. The second kappa shape index (κ2) is 5.76. The molecule has 0 bridgehead atoms. The van der Waals surface area contributed by atoms with Crippen molar-refractivity contribution in [1.29, 1.82) is 0 Å². The summed E-state index contributed by atoms with van der Waals surface area (Å²) in [6.07, 6.45) is 0. The van der Waals surface area contributed by atoms with Gasteiger partial charge in [-0.25, -0.2) is 0 Å². The number of H-pyrrole nitrogens is 1. The Bertz CT molecular complexity index is 985. The number of rotatable bonds is 1. The van der Waals surface area contributed by atoms with Gasteiger partial charge in [-0.05, 0) is 37.4 Å². The zero-order chi connectivity index (χ0) is 16.7. The van der Waals surface area contributed by atoms with E-state index in [-0.39, 0.29) is 11.3 Å². The number of carbonyl (C=O) groups is 1. The number of hydrogen-bond acceptors (Lipinski definition) is 3. The first-order valence-corrected chi connectivity index (χ1v) is 8.16. The highest BCUT2D eigenvalue weighted by Crippen LogP contribution is 2.17. The maximum Gasteiger partial charge on any atom is 0.253 e. The first-order valence-electron chi connectivity index (χ1n) is 8.16. The SMILES string of the molecule is CN1CCN(C(=O)c2ccc3[nH]c4ccccc4c(=O)c3c2)CC1. The molecule has 0 aliphatic carbocycles. The van der Waals surface area contributed by atoms with Crippen LogP contribution in [0.4, 0.5) is 0 Å². The minimum Gasteiger partial charge on any atom is -0.354 e. The molecule has 24 heavy (non-hydrogen) atoms. The molecule has 3 aromatic rings. The summed E-state index contributed by atoms with van der Waals surface area (Å²) in [5, 5.41) is 1.21. The highest BCUT2D eigenvalue weighted by Gasteiger charge is 2.20. The number of fused-ring (bicyclic) bond motifs is 2. The topological polar surface area (TPSA) is 56.4 Å². The summed E-state index contributed by atoms with van der Waals surface area (Å²) in [4.78, 5) is 32.8. The lowest BCUT2D eigenvalue weighted by Crippen LogP contribution is -2.47. The van der Waals surface area contributed by atoms with Crippen LogP contribution in [0.3, 0.4) is 0 Å². The maximum atomic E-state index is 12.7. The van der Waals surface area contributed by atoms with E-state index in [1.165, 1.54) is 0 Å². The van der Waals surface area contributed by atoms with Gasteiger partial charge in [0, 0.05) is 53.5 Å². The summed E-state index contributed by atoms with van der Waals surface area (Å²) in [6, 6.07) is 12.8. The van der Waals surface area contributed by atoms with Crippen molar-refractivity contribution in [3.05, 3.63) is 58.3 Å². The van der Waals surface area contributed by atoms with Crippen LogP contribution in [0.2, 0.25) is 0 Å². The van der Waals surface area contributed by atoms with Crippen molar-refractivity contribution in [2.24, 2.45) is 0 Å². The minimum atomic E-state index is -0.0348. The quantitative estimate of drug-likeness (QED) is 0.698. The van der Waals surface area contributed by atoms with Crippen molar-refractivity contribution in [3.63, 3.8) is 0 Å². The molecule has 1 aromatic heterocycles. The molecule has 2 aromatic carbocycles. The Morgan fingerprint density at radius 3 is 2.46 bits per heavy atom. The van der Waals surface area contributed by atoms with Gasteiger partial charge < -0.3 is 14.8 Å². The number of nitrogens with zero attached hydrogens (tertiary/aromatic N) is 2. The van der Waals surface area contributed by atoms with Crippen molar-refractivity contribution < 1.29 is 4.79 Å². The Hall–Kier alpha value is -2.66. The molecule has 5 heteroatoms. The van der Waals surface area contributed by atoms with Crippen molar-refractivity contribution >= 4 is 27.7 Å². The summed E-state index contributed by atoms with van der Waals surface area (Å²) >= 11 is 0. The van der Waals surface area contributed by atoms with Crippen LogP contribution in [0.1, 0.15) is 10.4 Å². The summed E-state index contributed by atoms with van der Waals surface area (Å²) < 4.78 is 0. The Morgan fingerprint density at radius 1 is 0.958 bits per heavy atom. The van der Waals surface area contributed by atoms with Gasteiger partial charge in [-0.15, -0.1) is 0 Å². The fourth-order valence-electron chi connectivity index (χ4n) is 3.25. The second-order valence-electron chi connectivity index (χ2n) is 6.36. The fraction of sp³-hybridized carbons (Fsp3) is 0.263. The van der Waals surface area contributed by atoms with E-state index >= 15 is 0 Å². The molecule has 0 atom stereocenters. The van der Waals surface area contributed by atoms with Crippen LogP contribution in [0.15, 0.2) is 47.3 Å². The first kappa shape index (κ1) is 14.9. The Kier molecular flexibility index (Phi) is 3.58. The number of aromatic nitrogens is 1. The maximum absolute atomic E-state index is 12.7. The van der Waals surface area contributed by atoms with Crippen LogP contribution < -0.4 is 5.43 Å². The number of para-hydroxylation sites is 1. The first-order chi connectivity index (χ1) is 11.6. The molecule has 4 rings (SSSR count). The molecule has 0 spiro atoms. The van der Waals surface area contributed by atoms with Gasteiger partial charge in [0.25, 0.3) is 5.91 Å². The molecule has 1 amide bonds. The largest absolute Gasteiger partial charge is 0.354 e. The van der Waals surface area contributed by atoms with Crippen molar-refractivity contribution in [2.45, 2.75) is 0 Å². The van der Waals surface area contributed by atoms with Gasteiger partial charge in [-0.1, -0.05) is 12.1 Å². The molecule has 2 heterocycles. The van der Waals surface area contributed by atoms with Crippen LogP contribution >= 0.6 is 0 Å². The van der Waals surface area contributed by atoms with Crippen LogP contribution in [-0.4, -0.2) is 53.9 Å². The molecule has 1 aliphatic rings. The summed E-state index contributed by atoms with van der Waals surface area (Å²) in [7, 11) is 2.06. The van der Waals surface area contributed by atoms with E-state index in [2.05, 4.69) is 16.9 Å². The molecule has 1 N–H and O–H groups in total. The van der Waals surface area contributed by atoms with E-state index in [1.807, 2.05) is 35.2 Å². The summed E-state index contributed by atoms with van der Waals surface area (Å²) in [5.74, 6) is -0.00226. The van der Waals surface area contributed by atoms with Gasteiger partial charge in [0.1, 0.15) is 0 Å². The number of piperazine rings is 1. The van der Waals surface area contributed by atoms with E-state index in [1.54, 1.807) is 12.1 Å². The van der Waals surface area contributed by atoms with Crippen LogP contribution in [0.25, 0.3) is 21.8 Å². The number of likely N-dealkylation sites (N-methyl/N-ethyl adjacent to an activating group) is 1. The summed E-state index contributed by atoms with van der Waals surface area (Å²) in [5.41, 5.74) is 2.11. The lowest BCUT2D eigenvalue weighted by atomic mass is 10.1. The second-order valence-corrected chi connectivity index (χ2v) is 6.36. The van der Waals surface area contributed by atoms with Crippen LogP contribution in [0.5, 0.6) is 0 Å². The molecule has 0 unspecified atom stereocenters. The zero-order valence-electron chi connectivity index (χ0n) is 13.6. The van der Waals surface area contributed by atoms with Crippen LogP contribution in [-0.2, 0) is 0 Å². The monoisotopic (exact) mass is 321 g/mol. The number of carbonyl (C=O) groups excluding carboxylic acids is 1. The fourth-order valence-corrected chi connectivity index (χ4v) is 3.25. The zero-order valence-corrected chi connectivity index (χ0v) is 13.6. The molecular formula is C19H19N3O2. The number of nitrogens with one attached hydrogen (secondary N) is 1. The molecule has 1 fully saturated rings. The predicted molar refractivity (Wildman–Crippen MR) is 95.5 cm³/mol. The van der Waals surface area contributed by atoms with Gasteiger partial charge in [-0.3, -0.25) is 9.59 Å². The van der Waals surface area contributed by atoms with E-state index in [4.69, 9.17) is 0 Å². The number of amides is 1. The molecule has 1 saturated heterocycles. The van der Waals surface area contributed by atoms with Gasteiger partial charge in [0.2, 0.25) is 0 Å². The summed E-state index contributed by atoms with van der Waals surface area (Å²) in [6.45, 7) is 3.21. The lowest BCUT2D eigenvalue weighted by Gasteiger charge is -2.32. The van der Waals surface area contributed by atoms with Gasteiger partial charge >= 0.3 is 0 Å². The molecule has 1 aliphatic heterocycles. The Balaban J connectivity index is 1.78. The third kappa shape index (κ3) is 2.47. The average Bonchev–Trinajstić information content (AvgIpc) is 2.62. The van der Waals surface area contributed by atoms with Crippen molar-refractivity contribution in [1.82, 2.24) is 14.8 Å². The third-order valence-electron chi connectivity index (χ3n) is 4.74. The third-order valence-corrected chi connectivity index (χ3v) is 4.74. The highest BCUT2D eigenvalue weighted by molar-refractivity contribution is 6.00. The van der Waals surface area contributed by atoms with Crippen LogP contribution in [0, 0.1) is 0 Å². The van der Waals surface area contributed by atoms with E-state index < -0.39 is 0 Å². The smallest absolute Gasteiger partial charge is 0.253 e. The van der Waals surface area contributed by atoms with Gasteiger partial charge in [0.05, 0.1) is 0 Å². The van der Waals surface area contributed by atoms with Gasteiger partial charge in [-0.2, -0.15) is 0 Å². The minimum absolute atomic E-state index is 0.00226. The van der Waals surface area contributed by atoms with Crippen molar-refractivity contribution in [3.8, 4) is 0 Å². The van der Waals surface area contributed by atoms with Gasteiger partial charge in [0.15, 0.2) is 5.43 Å². The van der Waals surface area contributed by atoms with E-state index in [0.29, 0.717) is 16.3 Å². The van der Waals surface area contributed by atoms with E-state index in [9.17, 15) is 9.59 Å². The number of aromatic amines is 1. The number of hydrogen-bond donors (Lipinski definition) is 1. The Labute approximate surface area is 139 Å². The average molecular weight is 321 g/mol. The van der Waals surface area contributed by atoms with Crippen molar-refractivity contribution in [2.75, 3.05) is 33.2 Å². The molecule has 122 valence electrons.